The van der Waals surface area contributed by atoms with Gasteiger partial charge >= 0.3 is 5.82 Å². The van der Waals surface area contributed by atoms with E-state index in [4.69, 9.17) is 0 Å². The summed E-state index contributed by atoms with van der Waals surface area (Å²) in [4.78, 5) is 27.5. The summed E-state index contributed by atoms with van der Waals surface area (Å²) in [5.41, 5.74) is 1.06. The molecule has 5 N–H and O–H groups in total. The van der Waals surface area contributed by atoms with Crippen molar-refractivity contribution in [3.8, 4) is 0 Å². The van der Waals surface area contributed by atoms with Gasteiger partial charge in [0.1, 0.15) is 16.9 Å². The lowest BCUT2D eigenvalue weighted by Gasteiger charge is -2.13. The number of rotatable bonds is 17. The number of aryl methyl sites for hydroxylation is 1. The number of hydrogen-bond acceptors (Lipinski definition) is 12. The highest BCUT2D eigenvalue weighted by molar-refractivity contribution is 7.99. The molecule has 0 bridgehead atoms. The normalized spacial score (nSPS) is 12.4. The second-order valence-corrected chi connectivity index (χ2v) is 8.78. The van der Waals surface area contributed by atoms with E-state index in [1.165, 1.54) is 12.7 Å². The Hall–Kier alpha value is -2.69. The molecule has 3 rings (SSSR count). The lowest BCUT2D eigenvalue weighted by Crippen LogP contribution is -2.37. The van der Waals surface area contributed by atoms with Crippen molar-refractivity contribution in [1.29, 1.82) is 0 Å². The van der Waals surface area contributed by atoms with Gasteiger partial charge in [0.15, 0.2) is 10.7 Å². The van der Waals surface area contributed by atoms with Gasteiger partial charge in [-0.2, -0.15) is 0 Å². The van der Waals surface area contributed by atoms with E-state index in [1.807, 2.05) is 0 Å². The van der Waals surface area contributed by atoms with Crippen LogP contribution >= 0.6 is 11.8 Å². The zero-order chi connectivity index (χ0) is 25.0. The molecule has 0 radical (unpaired) electrons. The van der Waals surface area contributed by atoms with Crippen LogP contribution in [0.2, 0.25) is 0 Å². The molecule has 0 fully saturated rings. The fourth-order valence-corrected chi connectivity index (χ4v) is 4.26. The van der Waals surface area contributed by atoms with Crippen LogP contribution in [0, 0.1) is 10.1 Å². The van der Waals surface area contributed by atoms with E-state index in [0.717, 1.165) is 57.6 Å². The predicted molar refractivity (Wildman–Crippen MR) is 132 cm³/mol. The molecule has 1 unspecified atom stereocenters. The Kier molecular flexibility index (Phi) is 10.8. The van der Waals surface area contributed by atoms with Crippen molar-refractivity contribution in [2.45, 2.75) is 29.6 Å². The summed E-state index contributed by atoms with van der Waals surface area (Å²) in [5, 5.41) is 35.8. The standard InChI is InChI=1S/C20H33N11O3S/c1-3-21-4-5-22-6-7-23-8-9-24-10-15(32)11-30-14-27-16-17(30)25-12-26-19(16)35-20-18(31(33)34)28-13-29(20)2/h12-15,21-24,32H,3-11H2,1-2H3. The van der Waals surface area contributed by atoms with Gasteiger partial charge in [-0.3, -0.25) is 0 Å². The molecule has 0 aliphatic carbocycles. The molecular formula is C20H33N11O3S. The van der Waals surface area contributed by atoms with Crippen LogP contribution in [0.5, 0.6) is 0 Å². The number of aromatic nitrogens is 6. The summed E-state index contributed by atoms with van der Waals surface area (Å²) in [5.74, 6) is -0.236. The van der Waals surface area contributed by atoms with Gasteiger partial charge in [0, 0.05) is 52.9 Å². The van der Waals surface area contributed by atoms with Gasteiger partial charge in [-0.15, -0.1) is 0 Å². The van der Waals surface area contributed by atoms with Crippen molar-refractivity contribution < 1.29 is 10.0 Å². The summed E-state index contributed by atoms with van der Waals surface area (Å²) < 4.78 is 3.32. The molecule has 1 atom stereocenters. The molecule has 0 aliphatic rings. The lowest BCUT2D eigenvalue weighted by atomic mass is 10.3. The van der Waals surface area contributed by atoms with Crippen LogP contribution in [-0.2, 0) is 13.6 Å². The van der Waals surface area contributed by atoms with Crippen LogP contribution < -0.4 is 21.3 Å². The maximum absolute atomic E-state index is 11.3. The first-order chi connectivity index (χ1) is 17.0. The first kappa shape index (κ1) is 26.9. The molecule has 0 saturated carbocycles. The van der Waals surface area contributed by atoms with Crippen molar-refractivity contribution in [2.24, 2.45) is 7.05 Å². The molecule has 0 amide bonds. The van der Waals surface area contributed by atoms with Gasteiger partial charge < -0.3 is 45.6 Å². The van der Waals surface area contributed by atoms with Gasteiger partial charge in [0.05, 0.1) is 19.0 Å². The number of nitrogens with zero attached hydrogens (tertiary/aromatic N) is 7. The lowest BCUT2D eigenvalue weighted by molar-refractivity contribution is -0.392. The number of hydrogen-bond donors (Lipinski definition) is 5. The average Bonchev–Trinajstić information content (AvgIpc) is 3.41. The Morgan fingerprint density at radius 2 is 1.71 bits per heavy atom. The number of fused-ring (bicyclic) bond motifs is 1. The van der Waals surface area contributed by atoms with Gasteiger partial charge in [-0.25, -0.2) is 15.0 Å². The minimum atomic E-state index is -0.635. The molecule has 3 aromatic heterocycles. The summed E-state index contributed by atoms with van der Waals surface area (Å²) in [6, 6.07) is 0. The summed E-state index contributed by atoms with van der Waals surface area (Å²) in [6.45, 7) is 9.09. The third-order valence-corrected chi connectivity index (χ3v) is 6.23. The van der Waals surface area contributed by atoms with E-state index in [9.17, 15) is 15.2 Å². The summed E-state index contributed by atoms with van der Waals surface area (Å²) >= 11 is 1.11. The number of imidazole rings is 2. The highest BCUT2D eigenvalue weighted by Crippen LogP contribution is 2.35. The molecule has 192 valence electrons. The second-order valence-electron chi connectivity index (χ2n) is 7.80. The Bertz CT molecular complexity index is 1070. The van der Waals surface area contributed by atoms with E-state index in [-0.39, 0.29) is 5.82 Å². The first-order valence-electron chi connectivity index (χ1n) is 11.5. The zero-order valence-electron chi connectivity index (χ0n) is 20.0. The molecule has 0 aliphatic heterocycles. The molecule has 14 nitrogen and oxygen atoms in total. The van der Waals surface area contributed by atoms with Crippen LogP contribution in [0.1, 0.15) is 6.92 Å². The quantitative estimate of drug-likeness (QED) is 0.0678. The van der Waals surface area contributed by atoms with Crippen molar-refractivity contribution in [3.63, 3.8) is 0 Å². The maximum Gasteiger partial charge on any atom is 0.396 e. The molecule has 3 heterocycles. The van der Waals surface area contributed by atoms with Crippen molar-refractivity contribution in [1.82, 2.24) is 50.3 Å². The predicted octanol–water partition coefficient (Wildman–Crippen LogP) is -0.642. The number of aliphatic hydroxyl groups excluding tert-OH is 1. The SMILES string of the molecule is CCNCCNCCNCCNCC(O)Cn1cnc2c(Sc3c([N+](=O)[O-])ncn3C)ncnc21. The van der Waals surface area contributed by atoms with E-state index in [2.05, 4.69) is 48.1 Å². The van der Waals surface area contributed by atoms with Crippen LogP contribution in [0.15, 0.2) is 29.0 Å². The third kappa shape index (κ3) is 7.91. The number of aliphatic hydroxyl groups is 1. The van der Waals surface area contributed by atoms with Crippen LogP contribution in [0.3, 0.4) is 0 Å². The monoisotopic (exact) mass is 507 g/mol. The topological polar surface area (TPSA) is 173 Å². The van der Waals surface area contributed by atoms with Gasteiger partial charge in [-0.05, 0) is 28.2 Å². The number of likely N-dealkylation sites (N-methyl/N-ethyl adjacent to an activating group) is 1. The largest absolute Gasteiger partial charge is 0.396 e. The van der Waals surface area contributed by atoms with E-state index in [1.54, 1.807) is 22.5 Å². The Morgan fingerprint density at radius 1 is 1.03 bits per heavy atom. The summed E-state index contributed by atoms with van der Waals surface area (Å²) in [7, 11) is 1.68. The van der Waals surface area contributed by atoms with Crippen molar-refractivity contribution >= 4 is 28.7 Å². The summed E-state index contributed by atoms with van der Waals surface area (Å²) in [6.07, 6.45) is 3.73. The molecule has 3 aromatic rings. The van der Waals surface area contributed by atoms with E-state index >= 15 is 0 Å². The van der Waals surface area contributed by atoms with Gasteiger partial charge in [-0.1, -0.05) is 6.92 Å². The first-order valence-corrected chi connectivity index (χ1v) is 12.3. The van der Waals surface area contributed by atoms with E-state index in [0.29, 0.717) is 34.3 Å². The minimum Gasteiger partial charge on any atom is -0.390 e. The van der Waals surface area contributed by atoms with Crippen LogP contribution in [-0.4, -0.2) is 97.6 Å². The molecule has 0 spiro atoms. The maximum atomic E-state index is 11.3. The molecule has 35 heavy (non-hydrogen) atoms. The fraction of sp³-hybridized carbons (Fsp3) is 0.600. The smallest absolute Gasteiger partial charge is 0.390 e. The Labute approximate surface area is 207 Å². The van der Waals surface area contributed by atoms with Gasteiger partial charge in [0.2, 0.25) is 6.33 Å². The fourth-order valence-electron chi connectivity index (χ4n) is 3.33. The molecular weight excluding hydrogens is 474 g/mol. The molecule has 0 saturated heterocycles. The van der Waals surface area contributed by atoms with Crippen molar-refractivity contribution in [2.75, 3.05) is 52.4 Å². The number of nitrogens with one attached hydrogen (secondary N) is 4. The number of nitro groups is 1. The minimum absolute atomic E-state index is 0.236. The Morgan fingerprint density at radius 3 is 2.40 bits per heavy atom. The van der Waals surface area contributed by atoms with Gasteiger partial charge in [0.25, 0.3) is 0 Å². The van der Waals surface area contributed by atoms with Crippen LogP contribution in [0.4, 0.5) is 5.82 Å². The second kappa shape index (κ2) is 14.0. The highest BCUT2D eigenvalue weighted by Gasteiger charge is 2.23. The molecule has 15 heteroatoms. The van der Waals surface area contributed by atoms with Crippen molar-refractivity contribution in [3.05, 3.63) is 29.1 Å². The average molecular weight is 508 g/mol. The molecule has 0 aromatic carbocycles. The third-order valence-electron chi connectivity index (χ3n) is 5.07. The zero-order valence-corrected chi connectivity index (χ0v) is 20.8. The van der Waals surface area contributed by atoms with Crippen LogP contribution in [0.25, 0.3) is 11.2 Å². The Balaban J connectivity index is 1.44. The van der Waals surface area contributed by atoms with E-state index < -0.39 is 11.0 Å². The highest BCUT2D eigenvalue weighted by atomic mass is 32.2.